The molecule has 0 aliphatic heterocycles. The SMILES string of the molecule is Fc1ccc(F)c(Nc2ncc(I)cn2)c1. The smallest absolute Gasteiger partial charge is 0.227 e. The second kappa shape index (κ2) is 4.69. The highest BCUT2D eigenvalue weighted by molar-refractivity contribution is 14.1. The molecule has 2 aromatic rings. The summed E-state index contributed by atoms with van der Waals surface area (Å²) in [7, 11) is 0. The lowest BCUT2D eigenvalue weighted by atomic mass is 10.3. The van der Waals surface area contributed by atoms with Gasteiger partial charge in [0.1, 0.15) is 11.6 Å². The fourth-order valence-corrected chi connectivity index (χ4v) is 1.37. The van der Waals surface area contributed by atoms with Crippen molar-refractivity contribution in [2.75, 3.05) is 5.32 Å². The summed E-state index contributed by atoms with van der Waals surface area (Å²) in [6, 6.07) is 3.15. The highest BCUT2D eigenvalue weighted by Gasteiger charge is 2.05. The third-order valence-electron chi connectivity index (χ3n) is 1.80. The molecule has 82 valence electrons. The van der Waals surface area contributed by atoms with Crippen LogP contribution in [0.3, 0.4) is 0 Å². The Morgan fingerprint density at radius 1 is 1.12 bits per heavy atom. The van der Waals surface area contributed by atoms with Gasteiger partial charge in [0.25, 0.3) is 0 Å². The van der Waals surface area contributed by atoms with E-state index in [0.717, 1.165) is 21.8 Å². The summed E-state index contributed by atoms with van der Waals surface area (Å²) in [6.07, 6.45) is 3.15. The van der Waals surface area contributed by atoms with Crippen LogP contribution in [0.15, 0.2) is 30.6 Å². The number of anilines is 2. The number of nitrogens with one attached hydrogen (secondary N) is 1. The minimum absolute atomic E-state index is 0.0150. The van der Waals surface area contributed by atoms with Crippen molar-refractivity contribution in [2.24, 2.45) is 0 Å². The number of benzene rings is 1. The first-order valence-electron chi connectivity index (χ1n) is 4.35. The van der Waals surface area contributed by atoms with E-state index >= 15 is 0 Å². The zero-order valence-corrected chi connectivity index (χ0v) is 10.1. The normalized spacial score (nSPS) is 10.2. The van der Waals surface area contributed by atoms with Gasteiger partial charge in [0.2, 0.25) is 5.95 Å². The molecule has 6 heteroatoms. The first-order valence-corrected chi connectivity index (χ1v) is 5.42. The molecule has 1 heterocycles. The summed E-state index contributed by atoms with van der Waals surface area (Å²) in [5.74, 6) is -0.845. The molecule has 0 unspecified atom stereocenters. The Bertz CT molecular complexity index is 502. The van der Waals surface area contributed by atoms with Crippen molar-refractivity contribution >= 4 is 34.2 Å². The molecule has 0 saturated carbocycles. The first kappa shape index (κ1) is 11.2. The maximum absolute atomic E-state index is 13.2. The molecule has 1 N–H and O–H groups in total. The van der Waals surface area contributed by atoms with E-state index in [-0.39, 0.29) is 11.6 Å². The molecule has 0 atom stereocenters. The average molecular weight is 333 g/mol. The Labute approximate surface area is 104 Å². The van der Waals surface area contributed by atoms with Crippen molar-refractivity contribution in [1.29, 1.82) is 0 Å². The molecule has 0 aliphatic rings. The predicted octanol–water partition coefficient (Wildman–Crippen LogP) is 3.10. The standard InChI is InChI=1S/C10H6F2IN3/c11-6-1-2-8(12)9(3-6)16-10-14-4-7(13)5-15-10/h1-5H,(H,14,15,16). The number of hydrogen-bond acceptors (Lipinski definition) is 3. The molecule has 0 saturated heterocycles. The van der Waals surface area contributed by atoms with Crippen LogP contribution in [-0.2, 0) is 0 Å². The molecule has 0 radical (unpaired) electrons. The quantitative estimate of drug-likeness (QED) is 0.859. The van der Waals surface area contributed by atoms with Crippen molar-refractivity contribution < 1.29 is 8.78 Å². The van der Waals surface area contributed by atoms with E-state index in [1.807, 2.05) is 0 Å². The van der Waals surface area contributed by atoms with Crippen LogP contribution in [0.5, 0.6) is 0 Å². The molecule has 0 bridgehead atoms. The number of rotatable bonds is 2. The third kappa shape index (κ3) is 2.63. The van der Waals surface area contributed by atoms with Crippen molar-refractivity contribution in [3.63, 3.8) is 0 Å². The number of hydrogen-bond donors (Lipinski definition) is 1. The molecule has 2 rings (SSSR count). The zero-order chi connectivity index (χ0) is 11.5. The topological polar surface area (TPSA) is 37.8 Å². The van der Waals surface area contributed by atoms with Crippen molar-refractivity contribution in [3.05, 3.63) is 45.8 Å². The van der Waals surface area contributed by atoms with Crippen LogP contribution in [0.25, 0.3) is 0 Å². The molecule has 1 aromatic heterocycles. The van der Waals surface area contributed by atoms with Gasteiger partial charge < -0.3 is 5.32 Å². The summed E-state index contributed by atoms with van der Waals surface area (Å²) in [4.78, 5) is 7.85. The van der Waals surface area contributed by atoms with Gasteiger partial charge in [-0.15, -0.1) is 0 Å². The highest BCUT2D eigenvalue weighted by Crippen LogP contribution is 2.18. The summed E-state index contributed by atoms with van der Waals surface area (Å²) in [5.41, 5.74) is 0.0150. The van der Waals surface area contributed by atoms with Crippen LogP contribution in [0, 0.1) is 15.2 Å². The van der Waals surface area contributed by atoms with Gasteiger partial charge in [0, 0.05) is 22.0 Å². The number of aromatic nitrogens is 2. The Balaban J connectivity index is 2.26. The van der Waals surface area contributed by atoms with E-state index in [1.54, 1.807) is 12.4 Å². The molecule has 0 spiro atoms. The summed E-state index contributed by atoms with van der Waals surface area (Å²) in [6.45, 7) is 0. The second-order valence-corrected chi connectivity index (χ2v) is 4.22. The van der Waals surface area contributed by atoms with Gasteiger partial charge in [0.05, 0.1) is 5.69 Å². The highest BCUT2D eigenvalue weighted by atomic mass is 127. The Morgan fingerprint density at radius 3 is 2.50 bits per heavy atom. The lowest BCUT2D eigenvalue weighted by Crippen LogP contribution is -1.99. The number of nitrogens with zero attached hydrogens (tertiary/aromatic N) is 2. The van der Waals surface area contributed by atoms with E-state index in [0.29, 0.717) is 0 Å². The molecule has 0 fully saturated rings. The minimum atomic E-state index is -0.552. The van der Waals surface area contributed by atoms with E-state index in [2.05, 4.69) is 37.9 Å². The van der Waals surface area contributed by atoms with Crippen molar-refractivity contribution in [3.8, 4) is 0 Å². The second-order valence-electron chi connectivity index (χ2n) is 2.97. The van der Waals surface area contributed by atoms with Crippen LogP contribution in [0.1, 0.15) is 0 Å². The van der Waals surface area contributed by atoms with E-state index in [1.165, 1.54) is 0 Å². The lowest BCUT2D eigenvalue weighted by Gasteiger charge is -2.05. The van der Waals surface area contributed by atoms with Crippen LogP contribution in [0.2, 0.25) is 0 Å². The Hall–Kier alpha value is -1.31. The van der Waals surface area contributed by atoms with Gasteiger partial charge in [-0.25, -0.2) is 18.7 Å². The van der Waals surface area contributed by atoms with E-state index in [4.69, 9.17) is 0 Å². The molecular weight excluding hydrogens is 327 g/mol. The van der Waals surface area contributed by atoms with Crippen LogP contribution in [-0.4, -0.2) is 9.97 Å². The van der Waals surface area contributed by atoms with Crippen LogP contribution in [0.4, 0.5) is 20.4 Å². The first-order chi connectivity index (χ1) is 7.65. The fourth-order valence-electron chi connectivity index (χ4n) is 1.09. The largest absolute Gasteiger partial charge is 0.322 e. The molecule has 0 amide bonds. The van der Waals surface area contributed by atoms with Crippen LogP contribution >= 0.6 is 22.6 Å². The van der Waals surface area contributed by atoms with Gasteiger partial charge in [0.15, 0.2) is 0 Å². The van der Waals surface area contributed by atoms with Gasteiger partial charge in [-0.2, -0.15) is 0 Å². The minimum Gasteiger partial charge on any atom is -0.322 e. The lowest BCUT2D eigenvalue weighted by molar-refractivity contribution is 0.603. The average Bonchev–Trinajstić information content (AvgIpc) is 2.27. The molecule has 16 heavy (non-hydrogen) atoms. The van der Waals surface area contributed by atoms with E-state index < -0.39 is 11.6 Å². The summed E-state index contributed by atoms with van der Waals surface area (Å²) in [5, 5.41) is 2.60. The Kier molecular flexibility index (Phi) is 3.28. The molecule has 1 aromatic carbocycles. The fraction of sp³-hybridized carbons (Fsp3) is 0. The predicted molar refractivity (Wildman–Crippen MR) is 64.4 cm³/mol. The van der Waals surface area contributed by atoms with E-state index in [9.17, 15) is 8.78 Å². The van der Waals surface area contributed by atoms with Crippen molar-refractivity contribution in [1.82, 2.24) is 9.97 Å². The maximum Gasteiger partial charge on any atom is 0.227 e. The summed E-state index contributed by atoms with van der Waals surface area (Å²) >= 11 is 2.05. The molecular formula is C10H6F2IN3. The summed E-state index contributed by atoms with van der Waals surface area (Å²) < 4.78 is 27.0. The molecule has 0 aliphatic carbocycles. The van der Waals surface area contributed by atoms with Gasteiger partial charge in [-0.05, 0) is 34.7 Å². The number of halogens is 3. The van der Waals surface area contributed by atoms with Crippen molar-refractivity contribution in [2.45, 2.75) is 0 Å². The molecule has 3 nitrogen and oxygen atoms in total. The van der Waals surface area contributed by atoms with Crippen LogP contribution < -0.4 is 5.32 Å². The maximum atomic E-state index is 13.2. The Morgan fingerprint density at radius 2 is 1.81 bits per heavy atom. The zero-order valence-electron chi connectivity index (χ0n) is 7.92. The van der Waals surface area contributed by atoms with Gasteiger partial charge >= 0.3 is 0 Å². The van der Waals surface area contributed by atoms with Gasteiger partial charge in [-0.1, -0.05) is 0 Å². The monoisotopic (exact) mass is 333 g/mol. The van der Waals surface area contributed by atoms with Gasteiger partial charge in [-0.3, -0.25) is 0 Å². The third-order valence-corrected chi connectivity index (χ3v) is 2.35.